The van der Waals surface area contributed by atoms with E-state index in [4.69, 9.17) is 5.11 Å². The molecular weight excluding hydrogens is 247 g/mol. The fourth-order valence-corrected chi connectivity index (χ4v) is 1.48. The lowest BCUT2D eigenvalue weighted by molar-refractivity contribution is 0.288. The summed E-state index contributed by atoms with van der Waals surface area (Å²) >= 11 is 0. The number of hydrogen-bond donors (Lipinski definition) is 1. The van der Waals surface area contributed by atoms with Crippen molar-refractivity contribution in [2.45, 2.75) is 12.8 Å². The smallest absolute Gasteiger partial charge is 0.161 e. The van der Waals surface area contributed by atoms with Crippen molar-refractivity contribution < 1.29 is 18.3 Å². The van der Waals surface area contributed by atoms with Gasteiger partial charge < -0.3 is 5.11 Å². The van der Waals surface area contributed by atoms with Crippen molar-refractivity contribution >= 4 is 0 Å². The highest BCUT2D eigenvalue weighted by Gasteiger charge is 2.13. The summed E-state index contributed by atoms with van der Waals surface area (Å²) in [5.74, 6) is -3.33. The van der Waals surface area contributed by atoms with Crippen LogP contribution in [0.25, 0.3) is 5.69 Å². The molecule has 18 heavy (non-hydrogen) atoms. The van der Waals surface area contributed by atoms with Crippen LogP contribution in [0.4, 0.5) is 13.2 Å². The maximum atomic E-state index is 13.4. The summed E-state index contributed by atoms with van der Waals surface area (Å²) in [5.41, 5.74) is 0.324. The van der Waals surface area contributed by atoms with Crippen molar-refractivity contribution in [1.82, 2.24) is 15.0 Å². The number of aliphatic hydroxyl groups excluding tert-OH is 1. The first-order valence-electron chi connectivity index (χ1n) is 5.29. The largest absolute Gasteiger partial charge is 0.396 e. The average Bonchev–Trinajstić information content (AvgIpc) is 2.79. The average molecular weight is 257 g/mol. The standard InChI is InChI=1S/C11H10F3N3O/c12-8-4-10(14)11(5-9(8)13)17-6-7(15-16-17)2-1-3-18/h4-6,18H,1-3H2. The second kappa shape index (κ2) is 5.18. The predicted octanol–water partition coefficient (Wildman–Crippen LogP) is 1.61. The SMILES string of the molecule is OCCCc1cn(-c2cc(F)c(F)cc2F)nn1. The third-order valence-corrected chi connectivity index (χ3v) is 2.37. The fraction of sp³-hybridized carbons (Fsp3) is 0.273. The molecule has 0 amide bonds. The van der Waals surface area contributed by atoms with Gasteiger partial charge in [0.05, 0.1) is 11.9 Å². The van der Waals surface area contributed by atoms with Gasteiger partial charge in [0.2, 0.25) is 0 Å². The summed E-state index contributed by atoms with van der Waals surface area (Å²) in [5, 5.41) is 16.0. The number of hydrogen-bond acceptors (Lipinski definition) is 3. The van der Waals surface area contributed by atoms with E-state index >= 15 is 0 Å². The Morgan fingerprint density at radius 2 is 1.83 bits per heavy atom. The Balaban J connectivity index is 2.31. The topological polar surface area (TPSA) is 50.9 Å². The lowest BCUT2D eigenvalue weighted by Gasteiger charge is -2.02. The molecule has 0 atom stereocenters. The van der Waals surface area contributed by atoms with E-state index in [1.807, 2.05) is 0 Å². The lowest BCUT2D eigenvalue weighted by atomic mass is 10.2. The lowest BCUT2D eigenvalue weighted by Crippen LogP contribution is -2.01. The summed E-state index contributed by atoms with van der Waals surface area (Å²) in [6, 6.07) is 1.18. The molecule has 1 aromatic heterocycles. The van der Waals surface area contributed by atoms with Crippen molar-refractivity contribution in [2.75, 3.05) is 6.61 Å². The molecule has 0 aliphatic carbocycles. The quantitative estimate of drug-likeness (QED) is 0.846. The van der Waals surface area contributed by atoms with Crippen LogP contribution in [-0.4, -0.2) is 26.7 Å². The van der Waals surface area contributed by atoms with Gasteiger partial charge in [0.1, 0.15) is 5.69 Å². The van der Waals surface area contributed by atoms with Gasteiger partial charge in [0.15, 0.2) is 17.5 Å². The van der Waals surface area contributed by atoms with E-state index < -0.39 is 17.5 Å². The van der Waals surface area contributed by atoms with E-state index in [0.29, 0.717) is 24.6 Å². The van der Waals surface area contributed by atoms with E-state index in [0.717, 1.165) is 10.7 Å². The number of nitrogens with zero attached hydrogens (tertiary/aromatic N) is 3. The second-order valence-electron chi connectivity index (χ2n) is 3.70. The van der Waals surface area contributed by atoms with Crippen LogP contribution < -0.4 is 0 Å². The molecule has 1 heterocycles. The Bertz CT molecular complexity index is 556. The molecule has 2 aromatic rings. The summed E-state index contributed by atoms with van der Waals surface area (Å²) in [4.78, 5) is 0. The molecule has 96 valence electrons. The van der Waals surface area contributed by atoms with Crippen LogP contribution in [0.3, 0.4) is 0 Å². The molecule has 1 aromatic carbocycles. The van der Waals surface area contributed by atoms with Crippen molar-refractivity contribution in [3.05, 3.63) is 41.5 Å². The summed E-state index contributed by atoms with van der Waals surface area (Å²) in [6.07, 6.45) is 2.38. The van der Waals surface area contributed by atoms with Crippen LogP contribution in [0, 0.1) is 17.5 Å². The molecule has 1 N–H and O–H groups in total. The Morgan fingerprint density at radius 1 is 1.11 bits per heavy atom. The van der Waals surface area contributed by atoms with Crippen LogP contribution in [-0.2, 0) is 6.42 Å². The maximum absolute atomic E-state index is 13.4. The monoisotopic (exact) mass is 257 g/mol. The minimum Gasteiger partial charge on any atom is -0.396 e. The zero-order chi connectivity index (χ0) is 13.1. The number of aliphatic hydroxyl groups is 1. The highest BCUT2D eigenvalue weighted by molar-refractivity contribution is 5.33. The van der Waals surface area contributed by atoms with Gasteiger partial charge in [-0.15, -0.1) is 5.10 Å². The van der Waals surface area contributed by atoms with Gasteiger partial charge in [0, 0.05) is 18.7 Å². The number of benzene rings is 1. The molecule has 7 heteroatoms. The molecule has 0 unspecified atom stereocenters. The molecule has 0 aliphatic rings. The molecule has 0 saturated carbocycles. The van der Waals surface area contributed by atoms with Gasteiger partial charge >= 0.3 is 0 Å². The third kappa shape index (κ3) is 2.51. The first kappa shape index (κ1) is 12.6. The minimum atomic E-state index is -1.25. The predicted molar refractivity (Wildman–Crippen MR) is 56.6 cm³/mol. The molecule has 0 radical (unpaired) electrons. The number of aryl methyl sites for hydroxylation is 1. The molecule has 2 rings (SSSR count). The number of aromatic nitrogens is 3. The van der Waals surface area contributed by atoms with E-state index in [-0.39, 0.29) is 12.3 Å². The van der Waals surface area contributed by atoms with E-state index in [1.165, 1.54) is 6.20 Å². The molecule has 0 fully saturated rings. The Kier molecular flexibility index (Phi) is 3.61. The van der Waals surface area contributed by atoms with Crippen molar-refractivity contribution in [1.29, 1.82) is 0 Å². The zero-order valence-corrected chi connectivity index (χ0v) is 9.28. The number of halogens is 3. The van der Waals surface area contributed by atoms with Crippen LogP contribution in [0.5, 0.6) is 0 Å². The molecular formula is C11H10F3N3O. The highest BCUT2D eigenvalue weighted by Crippen LogP contribution is 2.17. The van der Waals surface area contributed by atoms with Crippen molar-refractivity contribution in [2.24, 2.45) is 0 Å². The van der Waals surface area contributed by atoms with Gasteiger partial charge in [-0.25, -0.2) is 17.9 Å². The van der Waals surface area contributed by atoms with Crippen molar-refractivity contribution in [3.8, 4) is 5.69 Å². The van der Waals surface area contributed by atoms with Crippen LogP contribution in [0.15, 0.2) is 18.3 Å². The Hall–Kier alpha value is -1.89. The van der Waals surface area contributed by atoms with E-state index in [9.17, 15) is 13.2 Å². The Morgan fingerprint density at radius 3 is 2.56 bits per heavy atom. The molecule has 0 saturated heterocycles. The highest BCUT2D eigenvalue weighted by atomic mass is 19.2. The molecule has 0 bridgehead atoms. The maximum Gasteiger partial charge on any atom is 0.161 e. The van der Waals surface area contributed by atoms with E-state index in [1.54, 1.807) is 0 Å². The molecule has 0 aliphatic heterocycles. The summed E-state index contributed by atoms with van der Waals surface area (Å²) in [7, 11) is 0. The first-order chi connectivity index (χ1) is 8.61. The van der Waals surface area contributed by atoms with Gasteiger partial charge in [-0.3, -0.25) is 0 Å². The van der Waals surface area contributed by atoms with Crippen LogP contribution >= 0.6 is 0 Å². The molecule has 0 spiro atoms. The number of rotatable bonds is 4. The van der Waals surface area contributed by atoms with Crippen LogP contribution in [0.2, 0.25) is 0 Å². The zero-order valence-electron chi connectivity index (χ0n) is 9.28. The van der Waals surface area contributed by atoms with Gasteiger partial charge in [-0.05, 0) is 12.8 Å². The van der Waals surface area contributed by atoms with Gasteiger partial charge in [0.25, 0.3) is 0 Å². The summed E-state index contributed by atoms with van der Waals surface area (Å²) in [6.45, 7) is 0.00635. The van der Waals surface area contributed by atoms with Gasteiger partial charge in [-0.1, -0.05) is 5.21 Å². The second-order valence-corrected chi connectivity index (χ2v) is 3.70. The normalized spacial score (nSPS) is 10.9. The van der Waals surface area contributed by atoms with Gasteiger partial charge in [-0.2, -0.15) is 0 Å². The molecule has 4 nitrogen and oxygen atoms in total. The Labute approximate surface area is 101 Å². The van der Waals surface area contributed by atoms with Crippen LogP contribution in [0.1, 0.15) is 12.1 Å². The van der Waals surface area contributed by atoms with E-state index in [2.05, 4.69) is 10.3 Å². The fourth-order valence-electron chi connectivity index (χ4n) is 1.48. The summed E-state index contributed by atoms with van der Waals surface area (Å²) < 4.78 is 40.3. The minimum absolute atomic E-state index is 0.00635. The first-order valence-corrected chi connectivity index (χ1v) is 5.29. The van der Waals surface area contributed by atoms with Crippen molar-refractivity contribution in [3.63, 3.8) is 0 Å². The third-order valence-electron chi connectivity index (χ3n) is 2.37.